The van der Waals surface area contributed by atoms with Gasteiger partial charge in [-0.3, -0.25) is 19.3 Å². The number of nitrogens with zero attached hydrogens (tertiary/aromatic N) is 3. The molecule has 2 aliphatic heterocycles. The second-order valence-electron chi connectivity index (χ2n) is 6.42. The van der Waals surface area contributed by atoms with Gasteiger partial charge in [-0.15, -0.1) is 0 Å². The van der Waals surface area contributed by atoms with Crippen LogP contribution in [0.5, 0.6) is 0 Å². The number of hydrogen-bond acceptors (Lipinski definition) is 4. The van der Waals surface area contributed by atoms with Crippen molar-refractivity contribution in [2.75, 3.05) is 9.91 Å². The fourth-order valence-corrected chi connectivity index (χ4v) is 3.56. The van der Waals surface area contributed by atoms with E-state index in [0.717, 1.165) is 0 Å². The quantitative estimate of drug-likeness (QED) is 0.802. The highest BCUT2D eigenvalue weighted by Crippen LogP contribution is 2.36. The van der Waals surface area contributed by atoms with Crippen LogP contribution in [-0.2, 0) is 14.4 Å². The zero-order valence-electron chi connectivity index (χ0n) is 14.2. The summed E-state index contributed by atoms with van der Waals surface area (Å²) in [5, 5.41) is 5.66. The molecule has 0 bridgehead atoms. The van der Waals surface area contributed by atoms with Crippen molar-refractivity contribution in [3.8, 4) is 0 Å². The molecule has 26 heavy (non-hydrogen) atoms. The average molecular weight is 347 g/mol. The Balaban J connectivity index is 1.63. The fourth-order valence-electron chi connectivity index (χ4n) is 3.56. The summed E-state index contributed by atoms with van der Waals surface area (Å²) in [7, 11) is 0. The molecule has 3 amide bonds. The standard InChI is InChI=1S/C20H17N3O3/c1-13-18(20(26)23(21-13)15-10-6-3-7-11-15)16-12-17(24)22(19(16)25)14-8-4-2-5-9-14/h2-11,16,18H,12H2,1H3/t16-,18-/m0/s1. The summed E-state index contributed by atoms with van der Waals surface area (Å²) in [6, 6.07) is 17.9. The Bertz CT molecular complexity index is 908. The van der Waals surface area contributed by atoms with Crippen LogP contribution in [0.1, 0.15) is 13.3 Å². The number of hydrazone groups is 1. The second kappa shape index (κ2) is 6.22. The molecule has 0 radical (unpaired) electrons. The van der Waals surface area contributed by atoms with Crippen molar-refractivity contribution in [1.29, 1.82) is 0 Å². The van der Waals surface area contributed by atoms with Crippen LogP contribution in [0, 0.1) is 11.8 Å². The number of rotatable bonds is 3. The number of carbonyl (C=O) groups is 3. The second-order valence-corrected chi connectivity index (χ2v) is 6.42. The predicted octanol–water partition coefficient (Wildman–Crippen LogP) is 2.61. The van der Waals surface area contributed by atoms with E-state index >= 15 is 0 Å². The fraction of sp³-hybridized carbons (Fsp3) is 0.200. The zero-order chi connectivity index (χ0) is 18.3. The van der Waals surface area contributed by atoms with Crippen LogP contribution in [0.3, 0.4) is 0 Å². The first-order valence-corrected chi connectivity index (χ1v) is 8.44. The molecule has 0 aromatic heterocycles. The Morgan fingerprint density at radius 1 is 0.846 bits per heavy atom. The van der Waals surface area contributed by atoms with Crippen LogP contribution in [0.15, 0.2) is 65.8 Å². The molecule has 2 aromatic carbocycles. The van der Waals surface area contributed by atoms with Gasteiger partial charge in [0.05, 0.1) is 23.2 Å². The van der Waals surface area contributed by atoms with Gasteiger partial charge in [0.15, 0.2) is 0 Å². The van der Waals surface area contributed by atoms with Crippen LogP contribution < -0.4 is 9.91 Å². The molecule has 2 aromatic rings. The molecule has 2 heterocycles. The van der Waals surface area contributed by atoms with E-state index in [-0.39, 0.29) is 24.1 Å². The lowest BCUT2D eigenvalue weighted by molar-refractivity contribution is -0.127. The molecule has 4 rings (SSSR count). The summed E-state index contributed by atoms with van der Waals surface area (Å²) >= 11 is 0. The molecule has 6 heteroatoms. The minimum atomic E-state index is -0.715. The number of anilines is 2. The molecular formula is C20H17N3O3. The maximum Gasteiger partial charge on any atom is 0.257 e. The maximum atomic E-state index is 12.9. The highest BCUT2D eigenvalue weighted by Gasteiger charge is 2.50. The van der Waals surface area contributed by atoms with Crippen LogP contribution >= 0.6 is 0 Å². The van der Waals surface area contributed by atoms with E-state index in [4.69, 9.17) is 0 Å². The summed E-state index contributed by atoms with van der Waals surface area (Å²) in [6.07, 6.45) is 0.0135. The normalized spacial score (nSPS) is 23.0. The molecule has 0 spiro atoms. The van der Waals surface area contributed by atoms with E-state index in [1.54, 1.807) is 43.3 Å². The van der Waals surface area contributed by atoms with Gasteiger partial charge in [-0.2, -0.15) is 5.10 Å². The van der Waals surface area contributed by atoms with Crippen LogP contribution in [-0.4, -0.2) is 23.4 Å². The topological polar surface area (TPSA) is 70.1 Å². The van der Waals surface area contributed by atoms with E-state index in [9.17, 15) is 14.4 Å². The molecule has 2 atom stereocenters. The molecule has 0 aliphatic carbocycles. The first-order chi connectivity index (χ1) is 12.6. The van der Waals surface area contributed by atoms with Crippen molar-refractivity contribution in [3.05, 3.63) is 60.7 Å². The molecule has 0 N–H and O–H groups in total. The Morgan fingerprint density at radius 3 is 2.04 bits per heavy atom. The van der Waals surface area contributed by atoms with Crippen molar-refractivity contribution in [1.82, 2.24) is 0 Å². The maximum absolute atomic E-state index is 12.9. The minimum Gasteiger partial charge on any atom is -0.274 e. The van der Waals surface area contributed by atoms with E-state index in [1.165, 1.54) is 9.91 Å². The number of amides is 3. The van der Waals surface area contributed by atoms with E-state index < -0.39 is 11.8 Å². The third-order valence-electron chi connectivity index (χ3n) is 4.78. The van der Waals surface area contributed by atoms with E-state index in [0.29, 0.717) is 17.1 Å². The van der Waals surface area contributed by atoms with Crippen LogP contribution in [0.2, 0.25) is 0 Å². The number of para-hydroxylation sites is 2. The smallest absolute Gasteiger partial charge is 0.257 e. The lowest BCUT2D eigenvalue weighted by Crippen LogP contribution is -2.37. The van der Waals surface area contributed by atoms with Gasteiger partial charge in [-0.25, -0.2) is 5.01 Å². The summed E-state index contributed by atoms with van der Waals surface area (Å²) in [4.78, 5) is 39.5. The monoisotopic (exact) mass is 347 g/mol. The number of imide groups is 1. The van der Waals surface area contributed by atoms with Crippen molar-refractivity contribution < 1.29 is 14.4 Å². The average Bonchev–Trinajstić information content (AvgIpc) is 3.11. The molecule has 1 saturated heterocycles. The van der Waals surface area contributed by atoms with Crippen LogP contribution in [0.4, 0.5) is 11.4 Å². The molecular weight excluding hydrogens is 330 g/mol. The lowest BCUT2D eigenvalue weighted by atomic mass is 9.87. The largest absolute Gasteiger partial charge is 0.274 e. The highest BCUT2D eigenvalue weighted by molar-refractivity contribution is 6.25. The zero-order valence-corrected chi connectivity index (χ0v) is 14.2. The highest BCUT2D eigenvalue weighted by atomic mass is 16.2. The SMILES string of the molecule is CC1=NN(c2ccccc2)C(=O)[C@@H]1[C@@H]1CC(=O)N(c2ccccc2)C1=O. The Kier molecular flexibility index (Phi) is 3.88. The minimum absolute atomic E-state index is 0.0135. The predicted molar refractivity (Wildman–Crippen MR) is 97.6 cm³/mol. The summed E-state index contributed by atoms with van der Waals surface area (Å²) in [6.45, 7) is 1.73. The Labute approximate surface area is 150 Å². The van der Waals surface area contributed by atoms with Crippen molar-refractivity contribution >= 4 is 34.8 Å². The molecule has 0 saturated carbocycles. The molecule has 1 fully saturated rings. The number of carbonyl (C=O) groups excluding carboxylic acids is 3. The third kappa shape index (κ3) is 2.50. The summed E-state index contributed by atoms with van der Waals surface area (Å²) in [5.41, 5.74) is 1.74. The number of benzene rings is 2. The Morgan fingerprint density at radius 2 is 1.42 bits per heavy atom. The Hall–Kier alpha value is -3.28. The van der Waals surface area contributed by atoms with Gasteiger partial charge in [0, 0.05) is 12.1 Å². The lowest BCUT2D eigenvalue weighted by Gasteiger charge is -2.19. The van der Waals surface area contributed by atoms with Gasteiger partial charge in [0.25, 0.3) is 5.91 Å². The summed E-state index contributed by atoms with van der Waals surface area (Å²) in [5.74, 6) is -2.32. The molecule has 2 aliphatic rings. The first kappa shape index (κ1) is 16.2. The van der Waals surface area contributed by atoms with Crippen LogP contribution in [0.25, 0.3) is 0 Å². The van der Waals surface area contributed by atoms with Crippen molar-refractivity contribution in [3.63, 3.8) is 0 Å². The van der Waals surface area contributed by atoms with Gasteiger partial charge in [0.2, 0.25) is 11.8 Å². The van der Waals surface area contributed by atoms with Gasteiger partial charge in [-0.1, -0.05) is 36.4 Å². The van der Waals surface area contributed by atoms with Gasteiger partial charge >= 0.3 is 0 Å². The van der Waals surface area contributed by atoms with Crippen molar-refractivity contribution in [2.45, 2.75) is 13.3 Å². The molecule has 0 unspecified atom stereocenters. The van der Waals surface area contributed by atoms with Gasteiger partial charge in [-0.05, 0) is 31.2 Å². The van der Waals surface area contributed by atoms with Gasteiger partial charge < -0.3 is 0 Å². The number of hydrogen-bond donors (Lipinski definition) is 0. The van der Waals surface area contributed by atoms with E-state index in [2.05, 4.69) is 5.10 Å². The molecule has 6 nitrogen and oxygen atoms in total. The molecule has 130 valence electrons. The van der Waals surface area contributed by atoms with E-state index in [1.807, 2.05) is 24.3 Å². The third-order valence-corrected chi connectivity index (χ3v) is 4.78. The first-order valence-electron chi connectivity index (χ1n) is 8.44. The van der Waals surface area contributed by atoms with Gasteiger partial charge in [0.1, 0.15) is 0 Å². The van der Waals surface area contributed by atoms with Crippen molar-refractivity contribution in [2.24, 2.45) is 16.9 Å². The summed E-state index contributed by atoms with van der Waals surface area (Å²) < 4.78 is 0.